The molecule has 2 N–H and O–H groups in total. The highest BCUT2D eigenvalue weighted by Gasteiger charge is 2.28. The summed E-state index contributed by atoms with van der Waals surface area (Å²) in [5.41, 5.74) is 5.75. The van der Waals surface area contributed by atoms with Crippen molar-refractivity contribution in [2.24, 2.45) is 17.6 Å². The van der Waals surface area contributed by atoms with E-state index < -0.39 is 6.04 Å². The number of carbonyl (C=O) groups excluding carboxylic acids is 1. The lowest BCUT2D eigenvalue weighted by Gasteiger charge is -2.28. The number of ketones is 1. The van der Waals surface area contributed by atoms with E-state index in [1.807, 2.05) is 0 Å². The van der Waals surface area contributed by atoms with Crippen LogP contribution in [-0.2, 0) is 9.53 Å². The maximum absolute atomic E-state index is 11.9. The minimum Gasteiger partial charge on any atom is -0.383 e. The first-order valence-corrected chi connectivity index (χ1v) is 5.97. The number of hydrogen-bond donors (Lipinski definition) is 1. The van der Waals surface area contributed by atoms with E-state index in [9.17, 15) is 4.79 Å². The molecule has 1 aliphatic rings. The molecule has 0 spiro atoms. The molecule has 88 valence electrons. The summed E-state index contributed by atoms with van der Waals surface area (Å²) in [4.78, 5) is 11.9. The number of nitrogens with two attached hydrogens (primary N) is 1. The lowest BCUT2D eigenvalue weighted by molar-refractivity contribution is -0.126. The molecule has 0 aromatic rings. The third kappa shape index (κ3) is 3.58. The summed E-state index contributed by atoms with van der Waals surface area (Å²) < 4.78 is 4.91. The molecule has 0 saturated heterocycles. The second-order valence-electron chi connectivity index (χ2n) is 4.59. The summed E-state index contributed by atoms with van der Waals surface area (Å²) in [6, 6.07) is -0.418. The van der Waals surface area contributed by atoms with Gasteiger partial charge in [0.1, 0.15) is 0 Å². The Bertz CT molecular complexity index is 198. The van der Waals surface area contributed by atoms with Gasteiger partial charge in [0.25, 0.3) is 0 Å². The summed E-state index contributed by atoms with van der Waals surface area (Å²) in [6.45, 7) is 2.58. The van der Waals surface area contributed by atoms with Gasteiger partial charge in [-0.05, 0) is 31.6 Å². The van der Waals surface area contributed by atoms with Crippen molar-refractivity contribution < 1.29 is 9.53 Å². The molecular weight excluding hydrogens is 190 g/mol. The number of Topliss-reactive ketones (excluding diaryl/α,β-unsaturated/α-hetero) is 1. The Balaban J connectivity index is 2.35. The number of hydrogen-bond acceptors (Lipinski definition) is 3. The van der Waals surface area contributed by atoms with Gasteiger partial charge in [0, 0.05) is 13.0 Å². The molecule has 15 heavy (non-hydrogen) atoms. The zero-order chi connectivity index (χ0) is 11.3. The molecule has 0 aromatic heterocycles. The van der Waals surface area contributed by atoms with E-state index in [0.717, 1.165) is 18.8 Å². The Hall–Kier alpha value is -0.410. The Morgan fingerprint density at radius 2 is 2.00 bits per heavy atom. The van der Waals surface area contributed by atoms with E-state index in [-0.39, 0.29) is 11.7 Å². The Morgan fingerprint density at radius 3 is 2.47 bits per heavy atom. The summed E-state index contributed by atoms with van der Waals surface area (Å²) >= 11 is 0. The average Bonchev–Trinajstić information content (AvgIpc) is 2.28. The molecule has 0 aromatic carbocycles. The largest absolute Gasteiger partial charge is 0.383 e. The highest BCUT2D eigenvalue weighted by molar-refractivity contribution is 5.86. The Labute approximate surface area is 92.4 Å². The maximum atomic E-state index is 11.9. The fraction of sp³-hybridized carbons (Fsp3) is 0.917. The first-order chi connectivity index (χ1) is 7.19. The first kappa shape index (κ1) is 12.7. The van der Waals surface area contributed by atoms with E-state index >= 15 is 0 Å². The molecular formula is C12H23NO2. The van der Waals surface area contributed by atoms with Crippen LogP contribution in [0.1, 0.15) is 39.0 Å². The number of ether oxygens (including phenoxy) is 1. The molecule has 1 saturated carbocycles. The summed E-state index contributed by atoms with van der Waals surface area (Å²) in [6.07, 6.45) is 5.66. The van der Waals surface area contributed by atoms with E-state index in [4.69, 9.17) is 10.5 Å². The van der Waals surface area contributed by atoms with Gasteiger partial charge >= 0.3 is 0 Å². The fourth-order valence-corrected chi connectivity index (χ4v) is 2.42. The number of carbonyl (C=O) groups is 1. The van der Waals surface area contributed by atoms with Crippen molar-refractivity contribution >= 4 is 5.78 Å². The van der Waals surface area contributed by atoms with Crippen LogP contribution in [-0.4, -0.2) is 25.5 Å². The highest BCUT2D eigenvalue weighted by atomic mass is 16.5. The predicted octanol–water partition coefficient (Wildman–Crippen LogP) is 1.75. The highest BCUT2D eigenvalue weighted by Crippen LogP contribution is 2.31. The van der Waals surface area contributed by atoms with E-state index in [2.05, 4.69) is 6.92 Å². The Kier molecular flexibility index (Phi) is 5.26. The molecule has 1 rings (SSSR count). The molecule has 3 nitrogen and oxygen atoms in total. The fourth-order valence-electron chi connectivity index (χ4n) is 2.42. The van der Waals surface area contributed by atoms with E-state index in [1.54, 1.807) is 7.11 Å². The molecule has 0 radical (unpaired) electrons. The average molecular weight is 213 g/mol. The van der Waals surface area contributed by atoms with Crippen LogP contribution in [0.15, 0.2) is 0 Å². The topological polar surface area (TPSA) is 52.3 Å². The van der Waals surface area contributed by atoms with Crippen LogP contribution in [0.4, 0.5) is 0 Å². The van der Waals surface area contributed by atoms with Crippen molar-refractivity contribution in [1.29, 1.82) is 0 Å². The van der Waals surface area contributed by atoms with Gasteiger partial charge in [0.05, 0.1) is 12.6 Å². The normalized spacial score (nSPS) is 28.7. The van der Waals surface area contributed by atoms with Gasteiger partial charge in [-0.2, -0.15) is 0 Å². The number of rotatable bonds is 5. The minimum absolute atomic E-state index is 0.193. The van der Waals surface area contributed by atoms with Crippen LogP contribution in [0.5, 0.6) is 0 Å². The van der Waals surface area contributed by atoms with E-state index in [1.165, 1.54) is 19.3 Å². The van der Waals surface area contributed by atoms with Crippen molar-refractivity contribution in [2.45, 2.75) is 45.1 Å². The van der Waals surface area contributed by atoms with Gasteiger partial charge in [-0.3, -0.25) is 4.79 Å². The summed E-state index contributed by atoms with van der Waals surface area (Å²) in [5, 5.41) is 0. The van der Waals surface area contributed by atoms with Crippen molar-refractivity contribution in [3.8, 4) is 0 Å². The molecule has 1 atom stereocenters. The minimum atomic E-state index is -0.418. The summed E-state index contributed by atoms with van der Waals surface area (Å²) in [7, 11) is 1.58. The second-order valence-corrected chi connectivity index (χ2v) is 4.59. The monoisotopic (exact) mass is 213 g/mol. The quantitative estimate of drug-likeness (QED) is 0.757. The van der Waals surface area contributed by atoms with E-state index in [0.29, 0.717) is 6.61 Å². The van der Waals surface area contributed by atoms with Crippen molar-refractivity contribution in [2.75, 3.05) is 13.7 Å². The standard InChI is InChI=1S/C12H23NO2/c1-3-9-4-6-10(7-5-9)12(14)11(13)8-15-2/h9-11H,3-8,13H2,1-2H3. The molecule has 1 unspecified atom stereocenters. The molecule has 0 aliphatic heterocycles. The van der Waals surface area contributed by atoms with Gasteiger partial charge in [-0.1, -0.05) is 13.3 Å². The molecule has 3 heteroatoms. The summed E-state index contributed by atoms with van der Waals surface area (Å²) in [5.74, 6) is 1.22. The van der Waals surface area contributed by atoms with Gasteiger partial charge in [0.2, 0.25) is 0 Å². The van der Waals surface area contributed by atoms with Crippen LogP contribution in [0, 0.1) is 11.8 Å². The van der Waals surface area contributed by atoms with Gasteiger partial charge in [0.15, 0.2) is 5.78 Å². The molecule has 0 bridgehead atoms. The van der Waals surface area contributed by atoms with Crippen LogP contribution >= 0.6 is 0 Å². The lowest BCUT2D eigenvalue weighted by atomic mass is 9.78. The van der Waals surface area contributed by atoms with Crippen LogP contribution in [0.3, 0.4) is 0 Å². The second kappa shape index (κ2) is 6.23. The number of methoxy groups -OCH3 is 1. The third-order valence-corrected chi connectivity index (χ3v) is 3.54. The van der Waals surface area contributed by atoms with Crippen LogP contribution < -0.4 is 5.73 Å². The maximum Gasteiger partial charge on any atom is 0.154 e. The van der Waals surface area contributed by atoms with Gasteiger partial charge in [-0.15, -0.1) is 0 Å². The SMILES string of the molecule is CCC1CCC(C(=O)C(N)COC)CC1. The lowest BCUT2D eigenvalue weighted by Crippen LogP contribution is -2.40. The predicted molar refractivity (Wildman–Crippen MR) is 60.6 cm³/mol. The Morgan fingerprint density at radius 1 is 1.40 bits per heavy atom. The molecule has 1 aliphatic carbocycles. The van der Waals surface area contributed by atoms with Gasteiger partial charge < -0.3 is 10.5 Å². The third-order valence-electron chi connectivity index (χ3n) is 3.54. The first-order valence-electron chi connectivity index (χ1n) is 5.97. The van der Waals surface area contributed by atoms with Crippen LogP contribution in [0.2, 0.25) is 0 Å². The van der Waals surface area contributed by atoms with Crippen molar-refractivity contribution in [3.63, 3.8) is 0 Å². The molecule has 0 heterocycles. The van der Waals surface area contributed by atoms with Crippen LogP contribution in [0.25, 0.3) is 0 Å². The zero-order valence-corrected chi connectivity index (χ0v) is 9.87. The molecule has 1 fully saturated rings. The molecule has 0 amide bonds. The zero-order valence-electron chi connectivity index (χ0n) is 9.87. The van der Waals surface area contributed by atoms with Crippen molar-refractivity contribution in [3.05, 3.63) is 0 Å². The van der Waals surface area contributed by atoms with Crippen molar-refractivity contribution in [1.82, 2.24) is 0 Å². The smallest absolute Gasteiger partial charge is 0.154 e. The van der Waals surface area contributed by atoms with Gasteiger partial charge in [-0.25, -0.2) is 0 Å².